The molecule has 41 heavy (non-hydrogen) atoms. The summed E-state index contributed by atoms with van der Waals surface area (Å²) in [5, 5.41) is 2.84. The van der Waals surface area contributed by atoms with Crippen molar-refractivity contribution in [2.24, 2.45) is 0 Å². The third-order valence-electron chi connectivity index (χ3n) is 6.84. The van der Waals surface area contributed by atoms with Gasteiger partial charge in [-0.25, -0.2) is 8.42 Å². The first-order chi connectivity index (χ1) is 19.3. The predicted octanol–water partition coefficient (Wildman–Crippen LogP) is 5.54. The predicted molar refractivity (Wildman–Crippen MR) is 152 cm³/mol. The van der Waals surface area contributed by atoms with E-state index in [2.05, 4.69) is 5.32 Å². The van der Waals surface area contributed by atoms with Gasteiger partial charge in [0.05, 0.1) is 16.1 Å². The summed E-state index contributed by atoms with van der Waals surface area (Å²) < 4.78 is 68.8. The van der Waals surface area contributed by atoms with Crippen molar-refractivity contribution in [1.82, 2.24) is 10.2 Å². The van der Waals surface area contributed by atoms with Crippen LogP contribution < -0.4 is 9.62 Å². The summed E-state index contributed by atoms with van der Waals surface area (Å²) in [6.07, 6.45) is -4.08. The van der Waals surface area contributed by atoms with E-state index in [1.54, 1.807) is 18.2 Å². The average molecular weight is 590 g/mol. The Morgan fingerprint density at radius 3 is 2.17 bits per heavy atom. The number of sulfonamides is 1. The molecule has 0 aliphatic rings. The molecule has 0 saturated heterocycles. The number of carbonyl (C=O) groups is 2. The molecule has 0 spiro atoms. The minimum atomic E-state index is -4.73. The number of hydrogen-bond acceptors (Lipinski definition) is 4. The lowest BCUT2D eigenvalue weighted by Gasteiger charge is -2.33. The fourth-order valence-corrected chi connectivity index (χ4v) is 5.53. The van der Waals surface area contributed by atoms with Crippen LogP contribution in [0.1, 0.15) is 43.9 Å². The number of amides is 2. The van der Waals surface area contributed by atoms with Crippen LogP contribution in [0.5, 0.6) is 0 Å². The number of hydrogen-bond donors (Lipinski definition) is 1. The molecule has 1 N–H and O–H groups in total. The summed E-state index contributed by atoms with van der Waals surface area (Å²) in [6, 6.07) is 17.0. The number of nitrogens with zero attached hydrogens (tertiary/aromatic N) is 2. The van der Waals surface area contributed by atoms with Crippen molar-refractivity contribution in [3.63, 3.8) is 0 Å². The van der Waals surface area contributed by atoms with Gasteiger partial charge >= 0.3 is 6.18 Å². The van der Waals surface area contributed by atoms with Gasteiger partial charge in [-0.15, -0.1) is 0 Å². The van der Waals surface area contributed by atoms with Crippen LogP contribution in [0.4, 0.5) is 18.9 Å². The van der Waals surface area contributed by atoms with Gasteiger partial charge < -0.3 is 10.2 Å². The highest BCUT2D eigenvalue weighted by atomic mass is 32.2. The number of carbonyl (C=O) groups excluding carboxylic acids is 2. The fourth-order valence-electron chi connectivity index (χ4n) is 4.10. The molecule has 11 heteroatoms. The molecule has 0 aliphatic carbocycles. The second kappa shape index (κ2) is 13.2. The maximum atomic E-state index is 13.9. The Bertz CT molecular complexity index is 1460. The number of aryl methyl sites for hydroxylation is 1. The molecule has 3 aromatic carbocycles. The number of anilines is 1. The average Bonchev–Trinajstić information content (AvgIpc) is 2.94. The Morgan fingerprint density at radius 1 is 0.927 bits per heavy atom. The minimum Gasteiger partial charge on any atom is -0.352 e. The number of rotatable bonds is 11. The number of nitrogens with one attached hydrogen (secondary N) is 1. The van der Waals surface area contributed by atoms with Crippen LogP contribution in [0.2, 0.25) is 0 Å². The van der Waals surface area contributed by atoms with Gasteiger partial charge in [0.1, 0.15) is 12.6 Å². The maximum absolute atomic E-state index is 13.9. The monoisotopic (exact) mass is 589 g/mol. The topological polar surface area (TPSA) is 86.8 Å². The van der Waals surface area contributed by atoms with Crippen molar-refractivity contribution < 1.29 is 31.2 Å². The van der Waals surface area contributed by atoms with Crippen LogP contribution in [-0.2, 0) is 32.3 Å². The molecule has 0 fully saturated rings. The molecule has 0 aromatic heterocycles. The van der Waals surface area contributed by atoms with Gasteiger partial charge in [-0.05, 0) is 68.7 Å². The summed E-state index contributed by atoms with van der Waals surface area (Å²) in [5.41, 5.74) is 0.199. The summed E-state index contributed by atoms with van der Waals surface area (Å²) in [5.74, 6) is -1.19. The standard InChI is InChI=1S/C30H34F3N3O4S/c1-5-22(3)34-29(38)23(4)35(19-24-13-10-9-12-21(24)2)28(37)20-36(41(39,40)27-16-7-6-8-17-27)26-15-11-14-25(18-26)30(31,32)33/h6-18,22-23H,5,19-20H2,1-4H3,(H,34,38)/t22-,23+/m0/s1. The Balaban J connectivity index is 2.08. The van der Waals surface area contributed by atoms with Crippen LogP contribution in [0, 0.1) is 6.92 Å². The van der Waals surface area contributed by atoms with E-state index in [0.29, 0.717) is 16.8 Å². The van der Waals surface area contributed by atoms with Crippen LogP contribution in [0.25, 0.3) is 0 Å². The van der Waals surface area contributed by atoms with E-state index in [1.807, 2.05) is 32.9 Å². The van der Waals surface area contributed by atoms with Crippen LogP contribution in [0.15, 0.2) is 83.8 Å². The van der Waals surface area contributed by atoms with E-state index in [0.717, 1.165) is 23.3 Å². The van der Waals surface area contributed by atoms with Crippen molar-refractivity contribution in [2.45, 2.75) is 63.8 Å². The Labute approximate surface area is 239 Å². The summed E-state index contributed by atoms with van der Waals surface area (Å²) in [7, 11) is -4.48. The Hall–Kier alpha value is -3.86. The minimum absolute atomic E-state index is 0.0115. The van der Waals surface area contributed by atoms with Crippen molar-refractivity contribution in [3.8, 4) is 0 Å². The highest BCUT2D eigenvalue weighted by Gasteiger charge is 2.35. The largest absolute Gasteiger partial charge is 0.416 e. The van der Waals surface area contributed by atoms with Crippen LogP contribution in [0.3, 0.4) is 0 Å². The van der Waals surface area contributed by atoms with Gasteiger partial charge in [-0.2, -0.15) is 13.2 Å². The van der Waals surface area contributed by atoms with Gasteiger partial charge in [0.15, 0.2) is 0 Å². The summed E-state index contributed by atoms with van der Waals surface area (Å²) in [6.45, 7) is 6.26. The third kappa shape index (κ3) is 7.87. The SMILES string of the molecule is CC[C@H](C)NC(=O)[C@@H](C)N(Cc1ccccc1C)C(=O)CN(c1cccc(C(F)(F)F)c1)S(=O)(=O)c1ccccc1. The summed E-state index contributed by atoms with van der Waals surface area (Å²) >= 11 is 0. The van der Waals surface area contributed by atoms with E-state index >= 15 is 0 Å². The first kappa shape index (κ1) is 31.7. The highest BCUT2D eigenvalue weighted by Crippen LogP contribution is 2.33. The lowest BCUT2D eigenvalue weighted by molar-refractivity contribution is -0.139. The number of halogens is 3. The smallest absolute Gasteiger partial charge is 0.352 e. The molecule has 0 bridgehead atoms. The van der Waals surface area contributed by atoms with Gasteiger partial charge in [-0.1, -0.05) is 55.5 Å². The molecule has 3 aromatic rings. The molecule has 0 radical (unpaired) electrons. The van der Waals surface area contributed by atoms with Crippen molar-refractivity contribution >= 4 is 27.5 Å². The lowest BCUT2D eigenvalue weighted by Crippen LogP contribution is -2.52. The summed E-state index contributed by atoms with van der Waals surface area (Å²) in [4.78, 5) is 28.1. The van der Waals surface area contributed by atoms with E-state index in [9.17, 15) is 31.2 Å². The molecular formula is C30H34F3N3O4S. The number of benzene rings is 3. The Morgan fingerprint density at radius 2 is 1.56 bits per heavy atom. The molecule has 3 rings (SSSR count). The second-order valence-electron chi connectivity index (χ2n) is 9.81. The van der Waals surface area contributed by atoms with Crippen LogP contribution in [-0.4, -0.2) is 43.8 Å². The van der Waals surface area contributed by atoms with Crippen molar-refractivity contribution in [1.29, 1.82) is 0 Å². The zero-order valence-electron chi connectivity index (χ0n) is 23.4. The molecule has 0 aliphatic heterocycles. The van der Waals surface area contributed by atoms with Gasteiger partial charge in [0.2, 0.25) is 11.8 Å². The van der Waals surface area contributed by atoms with Gasteiger partial charge in [0, 0.05) is 12.6 Å². The quantitative estimate of drug-likeness (QED) is 0.318. The van der Waals surface area contributed by atoms with Gasteiger partial charge in [0.25, 0.3) is 10.0 Å². The van der Waals surface area contributed by atoms with E-state index in [1.165, 1.54) is 42.2 Å². The molecule has 0 heterocycles. The fraction of sp³-hybridized carbons (Fsp3) is 0.333. The van der Waals surface area contributed by atoms with E-state index < -0.39 is 46.2 Å². The first-order valence-corrected chi connectivity index (χ1v) is 14.6. The number of alkyl halides is 3. The first-order valence-electron chi connectivity index (χ1n) is 13.1. The van der Waals surface area contributed by atoms with Gasteiger partial charge in [-0.3, -0.25) is 13.9 Å². The van der Waals surface area contributed by atoms with E-state index in [4.69, 9.17) is 0 Å². The van der Waals surface area contributed by atoms with Crippen LogP contribution >= 0.6 is 0 Å². The Kier molecular flexibility index (Phi) is 10.2. The molecule has 220 valence electrons. The molecule has 7 nitrogen and oxygen atoms in total. The molecule has 0 unspecified atom stereocenters. The van der Waals surface area contributed by atoms with Crippen molar-refractivity contribution in [2.75, 3.05) is 10.8 Å². The maximum Gasteiger partial charge on any atom is 0.416 e. The third-order valence-corrected chi connectivity index (χ3v) is 8.63. The van der Waals surface area contributed by atoms with Crippen molar-refractivity contribution in [3.05, 3.63) is 95.6 Å². The second-order valence-corrected chi connectivity index (χ2v) is 11.7. The zero-order chi connectivity index (χ0) is 30.4. The lowest BCUT2D eigenvalue weighted by atomic mass is 10.1. The molecule has 2 atom stereocenters. The molecular weight excluding hydrogens is 555 g/mol. The zero-order valence-corrected chi connectivity index (χ0v) is 24.2. The normalized spacial score (nSPS) is 13.2. The molecule has 0 saturated carbocycles. The van der Waals surface area contributed by atoms with E-state index in [-0.39, 0.29) is 23.2 Å². The molecule has 2 amide bonds. The highest BCUT2D eigenvalue weighted by molar-refractivity contribution is 7.92.